The third-order valence-corrected chi connectivity index (χ3v) is 6.19. The molecule has 4 rings (SSSR count). The van der Waals surface area contributed by atoms with Crippen molar-refractivity contribution in [2.24, 2.45) is 5.92 Å². The van der Waals surface area contributed by atoms with Gasteiger partial charge in [-0.3, -0.25) is 4.79 Å². The number of thiazole rings is 1. The third kappa shape index (κ3) is 4.30. The molecule has 0 bridgehead atoms. The number of nitrogens with one attached hydrogen (secondary N) is 2. The molecule has 3 aromatic rings. The Hall–Kier alpha value is -2.78. The number of para-hydroxylation sites is 1. The van der Waals surface area contributed by atoms with Crippen LogP contribution in [0.3, 0.4) is 0 Å². The van der Waals surface area contributed by atoms with Crippen LogP contribution in [-0.4, -0.2) is 50.3 Å². The number of aliphatic hydroxyl groups is 1. The second-order valence-corrected chi connectivity index (χ2v) is 8.32. The number of fused-ring (bicyclic) bond motifs is 1. The van der Waals surface area contributed by atoms with Gasteiger partial charge in [-0.15, -0.1) is 11.3 Å². The number of carbonyl (C=O) groups is 1. The molecule has 29 heavy (non-hydrogen) atoms. The van der Waals surface area contributed by atoms with Gasteiger partial charge in [-0.25, -0.2) is 9.97 Å². The number of hydrogen-bond acceptors (Lipinski definition) is 8. The molecule has 1 saturated carbocycles. The van der Waals surface area contributed by atoms with Gasteiger partial charge in [-0.1, -0.05) is 12.1 Å². The largest absolute Gasteiger partial charge is 0.480 e. The highest BCUT2D eigenvalue weighted by atomic mass is 32.1. The van der Waals surface area contributed by atoms with Crippen molar-refractivity contribution in [1.82, 2.24) is 15.0 Å². The quantitative estimate of drug-likeness (QED) is 0.466. The predicted octanol–water partition coefficient (Wildman–Crippen LogP) is 3.13. The van der Waals surface area contributed by atoms with Crippen molar-refractivity contribution in [1.29, 1.82) is 0 Å². The molecule has 1 aliphatic rings. The minimum atomic E-state index is -0.974. The van der Waals surface area contributed by atoms with E-state index in [9.17, 15) is 9.90 Å². The van der Waals surface area contributed by atoms with Crippen LogP contribution in [0.4, 0.5) is 11.8 Å². The fourth-order valence-corrected chi connectivity index (χ4v) is 4.78. The first-order valence-corrected chi connectivity index (χ1v) is 10.4. The second kappa shape index (κ2) is 8.30. The van der Waals surface area contributed by atoms with Crippen molar-refractivity contribution in [3.63, 3.8) is 0 Å². The molecule has 2 atom stereocenters. The smallest absolute Gasteiger partial charge is 0.322 e. The van der Waals surface area contributed by atoms with Gasteiger partial charge in [0.05, 0.1) is 21.5 Å². The van der Waals surface area contributed by atoms with Gasteiger partial charge in [0.15, 0.2) is 0 Å². The van der Waals surface area contributed by atoms with Gasteiger partial charge in [-0.2, -0.15) is 4.98 Å². The SMILES string of the molecule is Cc1nc(NCC(=O)O)nc(NC2CCC(CO)C2)c1-c1nc2ccccc2s1. The number of carboxylic acids is 1. The maximum Gasteiger partial charge on any atom is 0.322 e. The normalized spacial score (nSPS) is 18.8. The monoisotopic (exact) mass is 413 g/mol. The first-order chi connectivity index (χ1) is 14.0. The molecular formula is C20H23N5O3S. The molecule has 0 radical (unpaired) electrons. The molecule has 0 saturated heterocycles. The number of hydrogen-bond donors (Lipinski definition) is 4. The Morgan fingerprint density at radius 2 is 2.07 bits per heavy atom. The number of rotatable bonds is 7. The minimum Gasteiger partial charge on any atom is -0.480 e. The minimum absolute atomic E-state index is 0.192. The lowest BCUT2D eigenvalue weighted by molar-refractivity contribution is -0.134. The summed E-state index contributed by atoms with van der Waals surface area (Å²) >= 11 is 1.58. The summed E-state index contributed by atoms with van der Waals surface area (Å²) < 4.78 is 1.09. The molecule has 1 fully saturated rings. The van der Waals surface area contributed by atoms with E-state index in [4.69, 9.17) is 10.1 Å². The summed E-state index contributed by atoms with van der Waals surface area (Å²) in [6.07, 6.45) is 2.79. The zero-order valence-electron chi connectivity index (χ0n) is 16.1. The molecule has 1 aliphatic carbocycles. The number of carboxylic acid groups (broad SMARTS) is 1. The first kappa shape index (κ1) is 19.5. The van der Waals surface area contributed by atoms with Crippen LogP contribution >= 0.6 is 11.3 Å². The molecule has 2 heterocycles. The highest BCUT2D eigenvalue weighted by molar-refractivity contribution is 7.21. The van der Waals surface area contributed by atoms with Gasteiger partial charge in [0, 0.05) is 12.6 Å². The molecule has 9 heteroatoms. The van der Waals surface area contributed by atoms with Gasteiger partial charge in [0.1, 0.15) is 17.4 Å². The highest BCUT2D eigenvalue weighted by Gasteiger charge is 2.26. The Morgan fingerprint density at radius 3 is 2.79 bits per heavy atom. The Kier molecular flexibility index (Phi) is 5.59. The van der Waals surface area contributed by atoms with Crippen LogP contribution in [0.25, 0.3) is 20.8 Å². The van der Waals surface area contributed by atoms with Crippen LogP contribution < -0.4 is 10.6 Å². The van der Waals surface area contributed by atoms with Crippen LogP contribution in [0.5, 0.6) is 0 Å². The Bertz CT molecular complexity index is 1010. The summed E-state index contributed by atoms with van der Waals surface area (Å²) in [5.74, 6) is 0.241. The van der Waals surface area contributed by atoms with Gasteiger partial charge in [0.25, 0.3) is 0 Å². The number of aliphatic hydroxyl groups excluding tert-OH is 1. The van der Waals surface area contributed by atoms with Crippen molar-refractivity contribution >= 4 is 39.3 Å². The summed E-state index contributed by atoms with van der Waals surface area (Å²) in [5.41, 5.74) is 2.48. The Labute approximate surface area is 172 Å². The van der Waals surface area contributed by atoms with Gasteiger partial charge in [-0.05, 0) is 44.2 Å². The van der Waals surface area contributed by atoms with Crippen LogP contribution in [0.15, 0.2) is 24.3 Å². The summed E-state index contributed by atoms with van der Waals surface area (Å²) in [6, 6.07) is 8.15. The van der Waals surface area contributed by atoms with E-state index < -0.39 is 5.97 Å². The first-order valence-electron chi connectivity index (χ1n) is 9.61. The molecule has 4 N–H and O–H groups in total. The van der Waals surface area contributed by atoms with Crippen LogP contribution in [0.2, 0.25) is 0 Å². The molecule has 8 nitrogen and oxygen atoms in total. The topological polar surface area (TPSA) is 120 Å². The Morgan fingerprint density at radius 1 is 1.24 bits per heavy atom. The Balaban J connectivity index is 1.72. The number of benzene rings is 1. The lowest BCUT2D eigenvalue weighted by atomic mass is 10.1. The fraction of sp³-hybridized carbons (Fsp3) is 0.400. The molecule has 1 aromatic carbocycles. The summed E-state index contributed by atoms with van der Waals surface area (Å²) in [5, 5.41) is 25.5. The molecule has 2 aromatic heterocycles. The van der Waals surface area contributed by atoms with Crippen molar-refractivity contribution in [2.75, 3.05) is 23.8 Å². The van der Waals surface area contributed by atoms with E-state index >= 15 is 0 Å². The van der Waals surface area contributed by atoms with E-state index in [1.54, 1.807) is 11.3 Å². The average Bonchev–Trinajstić information content (AvgIpc) is 3.32. The van der Waals surface area contributed by atoms with Crippen LogP contribution in [-0.2, 0) is 4.79 Å². The van der Waals surface area contributed by atoms with E-state index in [1.807, 2.05) is 31.2 Å². The van der Waals surface area contributed by atoms with E-state index in [2.05, 4.69) is 20.6 Å². The summed E-state index contributed by atoms with van der Waals surface area (Å²) in [6.45, 7) is 1.82. The van der Waals surface area contributed by atoms with Crippen LogP contribution in [0.1, 0.15) is 25.0 Å². The molecule has 0 spiro atoms. The predicted molar refractivity (Wildman–Crippen MR) is 113 cm³/mol. The van der Waals surface area contributed by atoms with Crippen molar-refractivity contribution in [3.8, 4) is 10.6 Å². The van der Waals surface area contributed by atoms with E-state index in [1.165, 1.54) is 0 Å². The molecule has 0 amide bonds. The zero-order valence-corrected chi connectivity index (χ0v) is 16.9. The van der Waals surface area contributed by atoms with E-state index in [0.717, 1.165) is 45.7 Å². The van der Waals surface area contributed by atoms with Gasteiger partial charge in [0.2, 0.25) is 5.95 Å². The fourth-order valence-electron chi connectivity index (χ4n) is 3.71. The molecular weight excluding hydrogens is 390 g/mol. The molecule has 0 aliphatic heterocycles. The van der Waals surface area contributed by atoms with Crippen molar-refractivity contribution < 1.29 is 15.0 Å². The van der Waals surface area contributed by atoms with E-state index in [-0.39, 0.29) is 25.1 Å². The standard InChI is InChI=1S/C20H23N5O3S/c1-11-17(19-24-14-4-2-3-5-15(14)29-19)18(23-13-7-6-12(8-13)10-26)25-20(22-11)21-9-16(27)28/h2-5,12-13,26H,6-10H2,1H3,(H,27,28)(H2,21,22,23,25). The van der Waals surface area contributed by atoms with Gasteiger partial charge < -0.3 is 20.8 Å². The van der Waals surface area contributed by atoms with E-state index in [0.29, 0.717) is 11.7 Å². The maximum absolute atomic E-state index is 10.9. The number of aromatic nitrogens is 3. The summed E-state index contributed by atoms with van der Waals surface area (Å²) in [7, 11) is 0. The maximum atomic E-state index is 10.9. The summed E-state index contributed by atoms with van der Waals surface area (Å²) in [4.78, 5) is 24.7. The average molecular weight is 414 g/mol. The number of aryl methyl sites for hydroxylation is 1. The highest BCUT2D eigenvalue weighted by Crippen LogP contribution is 2.37. The zero-order chi connectivity index (χ0) is 20.4. The number of aliphatic carboxylic acids is 1. The molecule has 152 valence electrons. The van der Waals surface area contributed by atoms with Crippen molar-refractivity contribution in [2.45, 2.75) is 32.2 Å². The molecule has 2 unspecified atom stereocenters. The lowest BCUT2D eigenvalue weighted by Crippen LogP contribution is -2.20. The lowest BCUT2D eigenvalue weighted by Gasteiger charge is -2.18. The van der Waals surface area contributed by atoms with Crippen molar-refractivity contribution in [3.05, 3.63) is 30.0 Å². The number of nitrogens with zero attached hydrogens (tertiary/aromatic N) is 3. The third-order valence-electron chi connectivity index (χ3n) is 5.14. The second-order valence-electron chi connectivity index (χ2n) is 7.29. The van der Waals surface area contributed by atoms with Gasteiger partial charge >= 0.3 is 5.97 Å². The number of anilines is 2. The van der Waals surface area contributed by atoms with Crippen LogP contribution in [0, 0.1) is 12.8 Å².